The number of carbonyl (C=O) groups is 3. The van der Waals surface area contributed by atoms with E-state index in [-0.39, 0.29) is 12.0 Å². The average Bonchev–Trinajstić information content (AvgIpc) is 3.35. The number of aromatic amines is 1. The van der Waals surface area contributed by atoms with Gasteiger partial charge in [0.1, 0.15) is 6.04 Å². The van der Waals surface area contributed by atoms with Crippen molar-refractivity contribution < 1.29 is 19.5 Å². The van der Waals surface area contributed by atoms with E-state index in [2.05, 4.69) is 20.6 Å². The van der Waals surface area contributed by atoms with Gasteiger partial charge in [0, 0.05) is 17.5 Å². The van der Waals surface area contributed by atoms with E-state index >= 15 is 0 Å². The molecule has 0 aliphatic rings. The number of amides is 2. The van der Waals surface area contributed by atoms with E-state index in [0.717, 1.165) is 28.0 Å². The van der Waals surface area contributed by atoms with Crippen LogP contribution in [0, 0.1) is 5.92 Å². The van der Waals surface area contributed by atoms with Crippen molar-refractivity contribution in [1.82, 2.24) is 25.5 Å². The number of nitrogens with one attached hydrogen (secondary N) is 1. The lowest BCUT2D eigenvalue weighted by atomic mass is 9.97. The third kappa shape index (κ3) is 5.31. The highest BCUT2D eigenvalue weighted by atomic mass is 16.4. The molecular weight excluding hydrogens is 422 g/mol. The van der Waals surface area contributed by atoms with Gasteiger partial charge in [-0.1, -0.05) is 63.6 Å². The first-order valence-electron chi connectivity index (χ1n) is 10.9. The molecule has 33 heavy (non-hydrogen) atoms. The Morgan fingerprint density at radius 3 is 2.24 bits per heavy atom. The van der Waals surface area contributed by atoms with Crippen LogP contribution in [0.1, 0.15) is 50.4 Å². The summed E-state index contributed by atoms with van der Waals surface area (Å²) in [5.41, 5.74) is 2.67. The number of imide groups is 1. The number of tetrazole rings is 1. The van der Waals surface area contributed by atoms with E-state index in [1.807, 2.05) is 31.2 Å². The molecule has 1 aromatic heterocycles. The van der Waals surface area contributed by atoms with Crippen molar-refractivity contribution in [3.8, 4) is 22.5 Å². The Balaban J connectivity index is 1.95. The number of hydrogen-bond donors (Lipinski definition) is 2. The normalized spacial score (nSPS) is 11.9. The minimum Gasteiger partial charge on any atom is -0.480 e. The topological polar surface area (TPSA) is 129 Å². The molecule has 1 heterocycles. The van der Waals surface area contributed by atoms with Crippen LogP contribution in [-0.4, -0.2) is 54.5 Å². The number of nitrogens with zero attached hydrogens (tertiary/aromatic N) is 4. The number of aromatic nitrogens is 4. The van der Waals surface area contributed by atoms with E-state index in [9.17, 15) is 19.5 Å². The maximum absolute atomic E-state index is 13.3. The summed E-state index contributed by atoms with van der Waals surface area (Å²) in [5.74, 6) is -2.28. The fourth-order valence-corrected chi connectivity index (χ4v) is 3.67. The first-order valence-corrected chi connectivity index (χ1v) is 10.9. The van der Waals surface area contributed by atoms with Gasteiger partial charge in [-0.2, -0.15) is 5.21 Å². The predicted molar refractivity (Wildman–Crippen MR) is 122 cm³/mol. The Morgan fingerprint density at radius 1 is 1.03 bits per heavy atom. The molecule has 0 aliphatic heterocycles. The van der Waals surface area contributed by atoms with Crippen LogP contribution in [-0.2, 0) is 9.59 Å². The number of benzene rings is 2. The van der Waals surface area contributed by atoms with Crippen molar-refractivity contribution >= 4 is 17.8 Å². The number of carboxylic acid groups (broad SMARTS) is 1. The SMILES string of the molecule is CCCCC(=O)N(C(=O)c1ccc(-c2ccccc2-c2nn[nH]n2)cc1)C(C(=O)O)C(C)C. The molecule has 9 heteroatoms. The third-order valence-electron chi connectivity index (χ3n) is 5.35. The third-order valence-corrected chi connectivity index (χ3v) is 5.35. The predicted octanol–water partition coefficient (Wildman–Crippen LogP) is 3.80. The first kappa shape index (κ1) is 23.8. The number of unbranched alkanes of at least 4 members (excludes halogenated alkanes) is 1. The fourth-order valence-electron chi connectivity index (χ4n) is 3.67. The van der Waals surface area contributed by atoms with E-state index in [0.29, 0.717) is 12.2 Å². The van der Waals surface area contributed by atoms with Gasteiger partial charge < -0.3 is 5.11 Å². The molecule has 0 aliphatic carbocycles. The summed E-state index contributed by atoms with van der Waals surface area (Å²) in [6.45, 7) is 5.30. The maximum Gasteiger partial charge on any atom is 0.327 e. The van der Waals surface area contributed by atoms with Crippen LogP contribution < -0.4 is 0 Å². The zero-order valence-corrected chi connectivity index (χ0v) is 18.9. The number of aliphatic carboxylic acids is 1. The van der Waals surface area contributed by atoms with Crippen molar-refractivity contribution in [2.45, 2.75) is 46.1 Å². The molecule has 172 valence electrons. The quantitative estimate of drug-likeness (QED) is 0.508. The van der Waals surface area contributed by atoms with Crippen molar-refractivity contribution in [2.24, 2.45) is 5.92 Å². The van der Waals surface area contributed by atoms with Crippen molar-refractivity contribution in [3.63, 3.8) is 0 Å². The van der Waals surface area contributed by atoms with Gasteiger partial charge in [-0.05, 0) is 40.8 Å². The summed E-state index contributed by atoms with van der Waals surface area (Å²) >= 11 is 0. The molecular formula is C24H27N5O4. The van der Waals surface area contributed by atoms with Gasteiger partial charge in [-0.3, -0.25) is 14.5 Å². The number of carbonyl (C=O) groups excluding carboxylic acids is 2. The van der Waals surface area contributed by atoms with Gasteiger partial charge in [0.2, 0.25) is 11.7 Å². The molecule has 1 unspecified atom stereocenters. The van der Waals surface area contributed by atoms with Crippen LogP contribution in [0.4, 0.5) is 0 Å². The minimum atomic E-state index is -1.24. The molecule has 0 fully saturated rings. The first-order chi connectivity index (χ1) is 15.8. The molecule has 0 radical (unpaired) electrons. The van der Waals surface area contributed by atoms with Crippen LogP contribution in [0.15, 0.2) is 48.5 Å². The van der Waals surface area contributed by atoms with Crippen LogP contribution >= 0.6 is 0 Å². The summed E-state index contributed by atoms with van der Waals surface area (Å²) in [4.78, 5) is 39.0. The monoisotopic (exact) mass is 449 g/mol. The number of rotatable bonds is 9. The molecule has 0 spiro atoms. The molecule has 0 bridgehead atoms. The highest BCUT2D eigenvalue weighted by Gasteiger charge is 2.37. The highest BCUT2D eigenvalue weighted by molar-refractivity contribution is 6.07. The molecule has 9 nitrogen and oxygen atoms in total. The Hall–Kier alpha value is -3.88. The van der Waals surface area contributed by atoms with E-state index in [4.69, 9.17) is 0 Å². The minimum absolute atomic E-state index is 0.120. The summed E-state index contributed by atoms with van der Waals surface area (Å²) in [5, 5.41) is 23.8. The molecule has 2 N–H and O–H groups in total. The lowest BCUT2D eigenvalue weighted by Gasteiger charge is -2.30. The van der Waals surface area contributed by atoms with Crippen molar-refractivity contribution in [3.05, 3.63) is 54.1 Å². The smallest absolute Gasteiger partial charge is 0.327 e. The zero-order valence-electron chi connectivity index (χ0n) is 18.9. The average molecular weight is 450 g/mol. The Bertz CT molecular complexity index is 1110. The van der Waals surface area contributed by atoms with Gasteiger partial charge >= 0.3 is 5.97 Å². The lowest BCUT2D eigenvalue weighted by molar-refractivity contribution is -0.149. The molecule has 0 saturated heterocycles. The molecule has 3 aromatic rings. The molecule has 0 saturated carbocycles. The second kappa shape index (κ2) is 10.6. The van der Waals surface area contributed by atoms with E-state index in [1.54, 1.807) is 38.1 Å². The van der Waals surface area contributed by atoms with Crippen LogP contribution in [0.3, 0.4) is 0 Å². The summed E-state index contributed by atoms with van der Waals surface area (Å²) in [6.07, 6.45) is 1.47. The number of hydrogen-bond acceptors (Lipinski definition) is 6. The van der Waals surface area contributed by atoms with Crippen LogP contribution in [0.2, 0.25) is 0 Å². The summed E-state index contributed by atoms with van der Waals surface area (Å²) in [6, 6.07) is 13.0. The summed E-state index contributed by atoms with van der Waals surface area (Å²) in [7, 11) is 0. The number of carboxylic acids is 1. The second-order valence-corrected chi connectivity index (χ2v) is 8.06. The molecule has 3 rings (SSSR count). The van der Waals surface area contributed by atoms with Gasteiger partial charge in [0.05, 0.1) is 0 Å². The Morgan fingerprint density at radius 2 is 1.70 bits per heavy atom. The second-order valence-electron chi connectivity index (χ2n) is 8.06. The van der Waals surface area contributed by atoms with Gasteiger partial charge in [-0.25, -0.2) is 4.79 Å². The van der Waals surface area contributed by atoms with Crippen LogP contribution in [0.5, 0.6) is 0 Å². The van der Waals surface area contributed by atoms with Gasteiger partial charge in [-0.15, -0.1) is 10.2 Å². The van der Waals surface area contributed by atoms with Crippen molar-refractivity contribution in [1.29, 1.82) is 0 Å². The van der Waals surface area contributed by atoms with E-state index < -0.39 is 29.7 Å². The fraction of sp³-hybridized carbons (Fsp3) is 0.333. The van der Waals surface area contributed by atoms with Gasteiger partial charge in [0.25, 0.3) is 5.91 Å². The standard InChI is InChI=1S/C24H27N5O4/c1-4-5-10-20(30)29(21(15(2)3)24(32)33)23(31)17-13-11-16(12-14-17)18-8-6-7-9-19(18)22-25-27-28-26-22/h6-9,11-15,21H,4-5,10H2,1-3H3,(H,32,33)(H,25,26,27,28). The number of H-pyrrole nitrogens is 1. The highest BCUT2D eigenvalue weighted by Crippen LogP contribution is 2.30. The largest absolute Gasteiger partial charge is 0.480 e. The van der Waals surface area contributed by atoms with Crippen molar-refractivity contribution in [2.75, 3.05) is 0 Å². The lowest BCUT2D eigenvalue weighted by Crippen LogP contribution is -2.51. The zero-order chi connectivity index (χ0) is 24.0. The van der Waals surface area contributed by atoms with Gasteiger partial charge in [0.15, 0.2) is 0 Å². The summed E-state index contributed by atoms with van der Waals surface area (Å²) < 4.78 is 0. The van der Waals surface area contributed by atoms with E-state index in [1.165, 1.54) is 0 Å². The maximum atomic E-state index is 13.3. The molecule has 2 amide bonds. The Labute approximate surface area is 191 Å². The van der Waals surface area contributed by atoms with Crippen LogP contribution in [0.25, 0.3) is 22.5 Å². The Kier molecular flexibility index (Phi) is 7.66. The molecule has 2 aromatic carbocycles. The molecule has 1 atom stereocenters.